The minimum absolute atomic E-state index is 0.211. The van der Waals surface area contributed by atoms with Gasteiger partial charge in [0.1, 0.15) is 12.4 Å². The van der Waals surface area contributed by atoms with Crippen molar-refractivity contribution in [2.45, 2.75) is 26.4 Å². The summed E-state index contributed by atoms with van der Waals surface area (Å²) in [5.41, 5.74) is 0.0427. The number of hydrogen-bond acceptors (Lipinski definition) is 3. The standard InChI is InChI=1S/C20H20FN3O3/c1-2-23-19(26)15-8-4-6-10-17(15)24(20(23)27)13-18(25)22-12-11-14-7-3-5-9-16(14)21/h3-10H,2,11-13H2,1H3,(H,22,25). The van der Waals surface area contributed by atoms with Gasteiger partial charge in [0.25, 0.3) is 5.56 Å². The number of para-hydroxylation sites is 1. The van der Waals surface area contributed by atoms with Gasteiger partial charge in [-0.1, -0.05) is 30.3 Å². The van der Waals surface area contributed by atoms with Gasteiger partial charge in [-0.25, -0.2) is 9.18 Å². The van der Waals surface area contributed by atoms with Crippen molar-refractivity contribution in [2.75, 3.05) is 6.54 Å². The van der Waals surface area contributed by atoms with Crippen molar-refractivity contribution in [2.24, 2.45) is 0 Å². The third-order valence-electron chi connectivity index (χ3n) is 4.42. The Bertz CT molecular complexity index is 1100. The van der Waals surface area contributed by atoms with Crippen molar-refractivity contribution in [1.29, 1.82) is 0 Å². The molecule has 0 aliphatic carbocycles. The van der Waals surface area contributed by atoms with Crippen molar-refractivity contribution in [3.63, 3.8) is 0 Å². The average Bonchev–Trinajstić information content (AvgIpc) is 2.67. The highest BCUT2D eigenvalue weighted by Gasteiger charge is 2.14. The Morgan fingerprint density at radius 3 is 2.48 bits per heavy atom. The quantitative estimate of drug-likeness (QED) is 0.719. The average molecular weight is 369 g/mol. The molecule has 0 saturated heterocycles. The summed E-state index contributed by atoms with van der Waals surface area (Å²) in [7, 11) is 0. The van der Waals surface area contributed by atoms with E-state index in [0.29, 0.717) is 22.9 Å². The monoisotopic (exact) mass is 369 g/mol. The maximum absolute atomic E-state index is 13.6. The fraction of sp³-hybridized carbons (Fsp3) is 0.250. The molecule has 3 aromatic rings. The van der Waals surface area contributed by atoms with Gasteiger partial charge < -0.3 is 5.32 Å². The number of carbonyl (C=O) groups excluding carboxylic acids is 1. The molecule has 0 saturated carbocycles. The van der Waals surface area contributed by atoms with Gasteiger partial charge in [0.2, 0.25) is 5.91 Å². The Morgan fingerprint density at radius 2 is 1.74 bits per heavy atom. The molecule has 3 rings (SSSR count). The molecule has 1 amide bonds. The molecule has 140 valence electrons. The Labute approximate surface area is 154 Å². The summed E-state index contributed by atoms with van der Waals surface area (Å²) < 4.78 is 16.0. The lowest BCUT2D eigenvalue weighted by Crippen LogP contribution is -2.42. The van der Waals surface area contributed by atoms with E-state index in [-0.39, 0.29) is 36.9 Å². The van der Waals surface area contributed by atoms with E-state index in [1.54, 1.807) is 49.4 Å². The van der Waals surface area contributed by atoms with E-state index in [1.807, 2.05) is 0 Å². The molecule has 0 aliphatic heterocycles. The van der Waals surface area contributed by atoms with Crippen molar-refractivity contribution >= 4 is 16.8 Å². The third kappa shape index (κ3) is 3.81. The lowest BCUT2D eigenvalue weighted by molar-refractivity contribution is -0.121. The van der Waals surface area contributed by atoms with Crippen molar-refractivity contribution in [1.82, 2.24) is 14.5 Å². The van der Waals surface area contributed by atoms with Gasteiger partial charge in [-0.05, 0) is 37.1 Å². The number of benzene rings is 2. The van der Waals surface area contributed by atoms with Crippen molar-refractivity contribution in [3.8, 4) is 0 Å². The predicted octanol–water partition coefficient (Wildman–Crippen LogP) is 1.68. The highest BCUT2D eigenvalue weighted by Crippen LogP contribution is 2.08. The minimum atomic E-state index is -0.523. The summed E-state index contributed by atoms with van der Waals surface area (Å²) in [5, 5.41) is 3.09. The van der Waals surface area contributed by atoms with Gasteiger partial charge in [0, 0.05) is 13.1 Å². The molecule has 0 unspecified atom stereocenters. The van der Waals surface area contributed by atoms with Crippen LogP contribution in [0.3, 0.4) is 0 Å². The summed E-state index contributed by atoms with van der Waals surface area (Å²) in [4.78, 5) is 37.3. The lowest BCUT2D eigenvalue weighted by Gasteiger charge is -2.13. The molecule has 0 spiro atoms. The molecule has 0 bridgehead atoms. The Morgan fingerprint density at radius 1 is 1.04 bits per heavy atom. The van der Waals surface area contributed by atoms with Crippen molar-refractivity contribution in [3.05, 3.63) is 80.7 Å². The van der Waals surface area contributed by atoms with E-state index >= 15 is 0 Å². The molecule has 27 heavy (non-hydrogen) atoms. The van der Waals surface area contributed by atoms with Gasteiger partial charge in [0.05, 0.1) is 10.9 Å². The molecule has 7 heteroatoms. The van der Waals surface area contributed by atoms with E-state index in [0.717, 1.165) is 4.57 Å². The normalized spacial score (nSPS) is 10.9. The first-order valence-electron chi connectivity index (χ1n) is 8.75. The number of fused-ring (bicyclic) bond motifs is 1. The summed E-state index contributed by atoms with van der Waals surface area (Å²) in [5.74, 6) is -0.691. The second-order valence-corrected chi connectivity index (χ2v) is 6.13. The van der Waals surface area contributed by atoms with Crippen molar-refractivity contribution < 1.29 is 9.18 Å². The molecule has 2 aromatic carbocycles. The number of amides is 1. The SMILES string of the molecule is CCn1c(=O)c2ccccc2n(CC(=O)NCCc2ccccc2F)c1=O. The van der Waals surface area contributed by atoms with Gasteiger partial charge in [-0.15, -0.1) is 0 Å². The summed E-state index contributed by atoms with van der Waals surface area (Å²) >= 11 is 0. The summed E-state index contributed by atoms with van der Waals surface area (Å²) in [6.07, 6.45) is 0.350. The molecule has 0 radical (unpaired) electrons. The van der Waals surface area contributed by atoms with E-state index in [2.05, 4.69) is 5.32 Å². The van der Waals surface area contributed by atoms with Gasteiger partial charge in [-0.3, -0.25) is 18.7 Å². The second-order valence-electron chi connectivity index (χ2n) is 6.13. The molecule has 1 N–H and O–H groups in total. The van der Waals surface area contributed by atoms with E-state index in [9.17, 15) is 18.8 Å². The van der Waals surface area contributed by atoms with Crippen LogP contribution in [-0.4, -0.2) is 21.6 Å². The van der Waals surface area contributed by atoms with Crippen LogP contribution in [0.4, 0.5) is 4.39 Å². The Kier molecular flexibility index (Phi) is 5.49. The zero-order valence-corrected chi connectivity index (χ0v) is 14.9. The maximum Gasteiger partial charge on any atom is 0.331 e. The first kappa shape index (κ1) is 18.6. The molecule has 6 nitrogen and oxygen atoms in total. The zero-order valence-electron chi connectivity index (χ0n) is 14.9. The van der Waals surface area contributed by atoms with Crippen LogP contribution in [0.2, 0.25) is 0 Å². The van der Waals surface area contributed by atoms with E-state index in [4.69, 9.17) is 0 Å². The molecule has 0 aliphatic rings. The number of aromatic nitrogens is 2. The number of hydrogen-bond donors (Lipinski definition) is 1. The number of carbonyl (C=O) groups is 1. The molecular formula is C20H20FN3O3. The topological polar surface area (TPSA) is 73.1 Å². The molecule has 1 aromatic heterocycles. The molecule has 1 heterocycles. The fourth-order valence-corrected chi connectivity index (χ4v) is 3.04. The van der Waals surface area contributed by atoms with Gasteiger partial charge >= 0.3 is 5.69 Å². The minimum Gasteiger partial charge on any atom is -0.354 e. The first-order valence-corrected chi connectivity index (χ1v) is 8.75. The van der Waals surface area contributed by atoms with Crippen LogP contribution in [-0.2, 0) is 24.3 Å². The highest BCUT2D eigenvalue weighted by atomic mass is 19.1. The number of nitrogens with one attached hydrogen (secondary N) is 1. The first-order chi connectivity index (χ1) is 13.0. The van der Waals surface area contributed by atoms with Crippen LogP contribution in [0, 0.1) is 5.82 Å². The lowest BCUT2D eigenvalue weighted by atomic mass is 10.1. The van der Waals surface area contributed by atoms with Crippen LogP contribution in [0.15, 0.2) is 58.1 Å². The number of nitrogens with zero attached hydrogens (tertiary/aromatic N) is 2. The Balaban J connectivity index is 1.80. The fourth-order valence-electron chi connectivity index (χ4n) is 3.04. The second kappa shape index (κ2) is 7.99. The van der Waals surface area contributed by atoms with Crippen LogP contribution in [0.5, 0.6) is 0 Å². The highest BCUT2D eigenvalue weighted by molar-refractivity contribution is 5.81. The summed E-state index contributed by atoms with van der Waals surface area (Å²) in [6.45, 7) is 1.96. The largest absolute Gasteiger partial charge is 0.354 e. The molecule has 0 atom stereocenters. The number of halogens is 1. The van der Waals surface area contributed by atoms with Gasteiger partial charge in [-0.2, -0.15) is 0 Å². The smallest absolute Gasteiger partial charge is 0.331 e. The maximum atomic E-state index is 13.6. The molecule has 0 fully saturated rings. The van der Waals surface area contributed by atoms with Crippen LogP contribution in [0.1, 0.15) is 12.5 Å². The predicted molar refractivity (Wildman–Crippen MR) is 101 cm³/mol. The number of rotatable bonds is 6. The summed E-state index contributed by atoms with van der Waals surface area (Å²) in [6, 6.07) is 13.1. The van der Waals surface area contributed by atoms with Crippen LogP contribution in [0.25, 0.3) is 10.9 Å². The van der Waals surface area contributed by atoms with E-state index in [1.165, 1.54) is 10.6 Å². The van der Waals surface area contributed by atoms with Gasteiger partial charge in [0.15, 0.2) is 0 Å². The van der Waals surface area contributed by atoms with Crippen LogP contribution >= 0.6 is 0 Å². The molecular weight excluding hydrogens is 349 g/mol. The Hall–Kier alpha value is -3.22. The third-order valence-corrected chi connectivity index (χ3v) is 4.42. The zero-order chi connectivity index (χ0) is 19.4. The van der Waals surface area contributed by atoms with E-state index < -0.39 is 5.69 Å². The van der Waals surface area contributed by atoms with Crippen LogP contribution < -0.4 is 16.6 Å².